The fourth-order valence-corrected chi connectivity index (χ4v) is 2.68. The van der Waals surface area contributed by atoms with Crippen molar-refractivity contribution in [3.63, 3.8) is 0 Å². The molecule has 2 amide bonds. The SMILES string of the molecule is CC(=O)NC[C@H]1CN(c2ccc(-n3ccc(C=NO)c3)c(F)c2)C(=O)O1. The van der Waals surface area contributed by atoms with Crippen LogP contribution >= 0.6 is 0 Å². The molecule has 26 heavy (non-hydrogen) atoms. The number of oxime groups is 1. The number of hydrogen-bond donors (Lipinski definition) is 2. The van der Waals surface area contributed by atoms with Crippen molar-refractivity contribution < 1.29 is 23.9 Å². The number of rotatable bonds is 5. The summed E-state index contributed by atoms with van der Waals surface area (Å²) in [6.07, 6.45) is 3.39. The summed E-state index contributed by atoms with van der Waals surface area (Å²) in [7, 11) is 0. The van der Waals surface area contributed by atoms with Crippen LogP contribution in [-0.2, 0) is 9.53 Å². The van der Waals surface area contributed by atoms with Crippen LogP contribution in [0.2, 0.25) is 0 Å². The van der Waals surface area contributed by atoms with Crippen molar-refractivity contribution in [1.82, 2.24) is 9.88 Å². The van der Waals surface area contributed by atoms with Gasteiger partial charge in [0.15, 0.2) is 0 Å². The number of cyclic esters (lactones) is 1. The van der Waals surface area contributed by atoms with Crippen LogP contribution in [0.25, 0.3) is 5.69 Å². The van der Waals surface area contributed by atoms with Gasteiger partial charge in [-0.25, -0.2) is 9.18 Å². The standard InChI is InChI=1S/C17H17FN4O4/c1-11(23)19-8-14-10-22(17(24)26-14)13-2-3-16(15(18)6-13)21-5-4-12(9-21)7-20-25/h2-7,9,14,25H,8,10H2,1H3,(H,19,23)/t14-/m0/s1. The summed E-state index contributed by atoms with van der Waals surface area (Å²) in [4.78, 5) is 24.3. The normalized spacial score (nSPS) is 16.9. The first kappa shape index (κ1) is 17.5. The summed E-state index contributed by atoms with van der Waals surface area (Å²) in [6.45, 7) is 1.80. The summed E-state index contributed by atoms with van der Waals surface area (Å²) in [5, 5.41) is 14.1. The summed E-state index contributed by atoms with van der Waals surface area (Å²) in [6, 6.07) is 6.06. The number of benzene rings is 1. The first-order valence-electron chi connectivity index (χ1n) is 7.86. The lowest BCUT2D eigenvalue weighted by Crippen LogP contribution is -2.33. The zero-order chi connectivity index (χ0) is 18.7. The second kappa shape index (κ2) is 7.26. The van der Waals surface area contributed by atoms with Crippen molar-refractivity contribution >= 4 is 23.9 Å². The van der Waals surface area contributed by atoms with E-state index in [0.29, 0.717) is 11.3 Å². The zero-order valence-electron chi connectivity index (χ0n) is 13.9. The minimum atomic E-state index is -0.588. The van der Waals surface area contributed by atoms with Crippen molar-refractivity contribution in [2.45, 2.75) is 13.0 Å². The number of nitrogens with one attached hydrogen (secondary N) is 1. The molecule has 1 fully saturated rings. The topological polar surface area (TPSA) is 96.2 Å². The van der Waals surface area contributed by atoms with Crippen LogP contribution in [0.5, 0.6) is 0 Å². The summed E-state index contributed by atoms with van der Waals surface area (Å²) >= 11 is 0. The highest BCUT2D eigenvalue weighted by Gasteiger charge is 2.32. The van der Waals surface area contributed by atoms with E-state index in [0.717, 1.165) is 0 Å². The first-order chi connectivity index (χ1) is 12.5. The van der Waals surface area contributed by atoms with Crippen molar-refractivity contribution in [1.29, 1.82) is 0 Å². The third-order valence-electron chi connectivity index (χ3n) is 3.90. The Morgan fingerprint density at radius 2 is 2.31 bits per heavy atom. The fourth-order valence-electron chi connectivity index (χ4n) is 2.68. The van der Waals surface area contributed by atoms with Crippen LogP contribution in [0.1, 0.15) is 12.5 Å². The maximum Gasteiger partial charge on any atom is 0.414 e. The van der Waals surface area contributed by atoms with Gasteiger partial charge >= 0.3 is 6.09 Å². The minimum absolute atomic E-state index is 0.205. The predicted octanol–water partition coefficient (Wildman–Crippen LogP) is 1.89. The lowest BCUT2D eigenvalue weighted by molar-refractivity contribution is -0.119. The van der Waals surface area contributed by atoms with E-state index in [2.05, 4.69) is 10.5 Å². The van der Waals surface area contributed by atoms with E-state index in [1.165, 1.54) is 28.7 Å². The molecule has 0 unspecified atom stereocenters. The number of carbonyl (C=O) groups is 2. The van der Waals surface area contributed by atoms with Gasteiger partial charge in [-0.05, 0) is 24.3 Å². The van der Waals surface area contributed by atoms with Crippen molar-refractivity contribution in [3.8, 4) is 5.69 Å². The van der Waals surface area contributed by atoms with E-state index in [4.69, 9.17) is 9.94 Å². The Morgan fingerprint density at radius 1 is 1.50 bits per heavy atom. The third-order valence-corrected chi connectivity index (χ3v) is 3.90. The van der Waals surface area contributed by atoms with Gasteiger partial charge in [-0.2, -0.15) is 0 Å². The molecule has 0 spiro atoms. The van der Waals surface area contributed by atoms with Gasteiger partial charge in [-0.3, -0.25) is 9.69 Å². The Labute approximate surface area is 148 Å². The smallest absolute Gasteiger partial charge is 0.414 e. The molecular formula is C17H17FN4O4. The maximum absolute atomic E-state index is 14.5. The molecule has 0 radical (unpaired) electrons. The molecule has 3 rings (SSSR count). The van der Waals surface area contributed by atoms with E-state index in [-0.39, 0.29) is 24.7 Å². The van der Waals surface area contributed by atoms with Crippen LogP contribution in [0, 0.1) is 5.82 Å². The molecule has 1 aliphatic rings. The van der Waals surface area contributed by atoms with Gasteiger partial charge in [0.2, 0.25) is 5.91 Å². The molecule has 1 atom stereocenters. The number of carbonyl (C=O) groups excluding carboxylic acids is 2. The Bertz CT molecular complexity index is 864. The Kier molecular flexibility index (Phi) is 4.87. The van der Waals surface area contributed by atoms with Crippen LogP contribution in [-0.4, -0.2) is 47.2 Å². The number of nitrogens with zero attached hydrogens (tertiary/aromatic N) is 3. The molecule has 136 valence electrons. The summed E-state index contributed by atoms with van der Waals surface area (Å²) < 4.78 is 21.2. The molecule has 8 nitrogen and oxygen atoms in total. The number of halogens is 1. The molecule has 2 aromatic rings. The van der Waals surface area contributed by atoms with Gasteiger partial charge in [0.05, 0.1) is 30.7 Å². The number of aromatic nitrogens is 1. The molecule has 0 saturated carbocycles. The van der Waals surface area contributed by atoms with Gasteiger partial charge < -0.3 is 19.8 Å². The fraction of sp³-hybridized carbons (Fsp3) is 0.235. The second-order valence-electron chi connectivity index (χ2n) is 5.79. The van der Waals surface area contributed by atoms with Crippen LogP contribution in [0.4, 0.5) is 14.9 Å². The predicted molar refractivity (Wildman–Crippen MR) is 91.4 cm³/mol. The van der Waals surface area contributed by atoms with Gasteiger partial charge in [-0.1, -0.05) is 5.16 Å². The molecule has 1 aromatic carbocycles. The number of hydrogen-bond acceptors (Lipinski definition) is 5. The number of ether oxygens (including phenoxy) is 1. The molecule has 9 heteroatoms. The van der Waals surface area contributed by atoms with Crippen molar-refractivity contribution in [2.24, 2.45) is 5.16 Å². The highest BCUT2D eigenvalue weighted by atomic mass is 19.1. The maximum atomic E-state index is 14.5. The Morgan fingerprint density at radius 3 is 3.00 bits per heavy atom. The molecule has 1 aromatic heterocycles. The van der Waals surface area contributed by atoms with Crippen molar-refractivity contribution in [3.05, 3.63) is 48.0 Å². The lowest BCUT2D eigenvalue weighted by Gasteiger charge is -2.14. The Balaban J connectivity index is 1.76. The van der Waals surface area contributed by atoms with E-state index < -0.39 is 18.0 Å². The summed E-state index contributed by atoms with van der Waals surface area (Å²) in [5.74, 6) is -0.740. The van der Waals surface area contributed by atoms with Gasteiger partial charge in [0, 0.05) is 24.9 Å². The average Bonchev–Trinajstić information content (AvgIpc) is 3.20. The van der Waals surface area contributed by atoms with E-state index >= 15 is 0 Å². The molecule has 0 aliphatic carbocycles. The third kappa shape index (κ3) is 3.66. The quantitative estimate of drug-likeness (QED) is 0.483. The largest absolute Gasteiger partial charge is 0.442 e. The number of amides is 2. The monoisotopic (exact) mass is 360 g/mol. The molecule has 1 saturated heterocycles. The molecule has 1 aliphatic heterocycles. The van der Waals surface area contributed by atoms with Gasteiger partial charge in [0.1, 0.15) is 11.9 Å². The highest BCUT2D eigenvalue weighted by Crippen LogP contribution is 2.25. The van der Waals surface area contributed by atoms with E-state index in [1.807, 2.05) is 0 Å². The van der Waals surface area contributed by atoms with Crippen molar-refractivity contribution in [2.75, 3.05) is 18.0 Å². The Hall–Kier alpha value is -3.36. The van der Waals surface area contributed by atoms with Crippen LogP contribution in [0.15, 0.2) is 41.8 Å². The summed E-state index contributed by atoms with van der Waals surface area (Å²) in [5.41, 5.74) is 1.26. The van der Waals surface area contributed by atoms with E-state index in [9.17, 15) is 14.0 Å². The molecule has 0 bridgehead atoms. The molecular weight excluding hydrogens is 343 g/mol. The highest BCUT2D eigenvalue weighted by molar-refractivity contribution is 5.90. The number of anilines is 1. The first-order valence-corrected chi connectivity index (χ1v) is 7.86. The molecule has 2 heterocycles. The average molecular weight is 360 g/mol. The van der Waals surface area contributed by atoms with Crippen LogP contribution < -0.4 is 10.2 Å². The second-order valence-corrected chi connectivity index (χ2v) is 5.79. The zero-order valence-corrected chi connectivity index (χ0v) is 13.9. The van der Waals surface area contributed by atoms with E-state index in [1.54, 1.807) is 30.6 Å². The van der Waals surface area contributed by atoms with Gasteiger partial charge in [-0.15, -0.1) is 0 Å². The lowest BCUT2D eigenvalue weighted by atomic mass is 10.2. The molecule has 2 N–H and O–H groups in total. The van der Waals surface area contributed by atoms with Crippen LogP contribution in [0.3, 0.4) is 0 Å². The minimum Gasteiger partial charge on any atom is -0.442 e. The van der Waals surface area contributed by atoms with Gasteiger partial charge in [0.25, 0.3) is 0 Å².